The topological polar surface area (TPSA) is 82.0 Å². The Morgan fingerprint density at radius 2 is 2.00 bits per heavy atom. The number of urea groups is 1. The van der Waals surface area contributed by atoms with Gasteiger partial charge in [-0.3, -0.25) is 10.1 Å². The molecule has 0 aliphatic heterocycles. The summed E-state index contributed by atoms with van der Waals surface area (Å²) in [5.74, 6) is -0.274. The maximum Gasteiger partial charge on any atom is 0.325 e. The van der Waals surface area contributed by atoms with E-state index in [4.69, 9.17) is 5.26 Å². The number of imide groups is 1. The normalized spacial score (nSPS) is 13.6. The van der Waals surface area contributed by atoms with Gasteiger partial charge in [-0.1, -0.05) is 12.1 Å². The molecule has 1 aromatic carbocycles. The van der Waals surface area contributed by atoms with Crippen LogP contribution in [-0.2, 0) is 4.79 Å². The van der Waals surface area contributed by atoms with Crippen LogP contribution in [0.1, 0.15) is 18.4 Å². The molecule has 0 unspecified atom stereocenters. The molecule has 0 radical (unpaired) electrons. The summed E-state index contributed by atoms with van der Waals surface area (Å²) in [7, 11) is 0. The lowest BCUT2D eigenvalue weighted by Gasteiger charge is -2.07. The minimum Gasteiger partial charge on any atom is -0.306 e. The first-order valence-electron chi connectivity index (χ1n) is 5.31. The second-order valence-corrected chi connectivity index (χ2v) is 3.88. The molecule has 1 fully saturated rings. The van der Waals surface area contributed by atoms with E-state index in [1.165, 1.54) is 0 Å². The Balaban J connectivity index is 1.98. The zero-order valence-electron chi connectivity index (χ0n) is 9.06. The van der Waals surface area contributed by atoms with Gasteiger partial charge in [0.15, 0.2) is 0 Å². The minimum absolute atomic E-state index is 0.0213. The van der Waals surface area contributed by atoms with Crippen LogP contribution >= 0.6 is 0 Å². The lowest BCUT2D eigenvalue weighted by molar-refractivity contribution is -0.121. The van der Waals surface area contributed by atoms with Crippen LogP contribution in [-0.4, -0.2) is 11.9 Å². The molecule has 0 spiro atoms. The molecule has 86 valence electrons. The largest absolute Gasteiger partial charge is 0.325 e. The first-order chi connectivity index (χ1) is 8.20. The summed E-state index contributed by atoms with van der Waals surface area (Å²) in [6.07, 6.45) is 1.68. The van der Waals surface area contributed by atoms with E-state index in [-0.39, 0.29) is 11.8 Å². The van der Waals surface area contributed by atoms with Crippen molar-refractivity contribution in [3.63, 3.8) is 0 Å². The van der Waals surface area contributed by atoms with E-state index >= 15 is 0 Å². The van der Waals surface area contributed by atoms with Gasteiger partial charge < -0.3 is 5.32 Å². The fourth-order valence-corrected chi connectivity index (χ4v) is 1.40. The Morgan fingerprint density at radius 3 is 2.65 bits per heavy atom. The maximum atomic E-state index is 11.5. The molecule has 5 nitrogen and oxygen atoms in total. The predicted molar refractivity (Wildman–Crippen MR) is 61.0 cm³/mol. The quantitative estimate of drug-likeness (QED) is 0.808. The van der Waals surface area contributed by atoms with Gasteiger partial charge in [-0.2, -0.15) is 5.26 Å². The van der Waals surface area contributed by atoms with Gasteiger partial charge in [0.2, 0.25) is 5.91 Å². The molecule has 0 bridgehead atoms. The third-order valence-electron chi connectivity index (χ3n) is 2.48. The monoisotopic (exact) mass is 229 g/mol. The molecule has 0 saturated heterocycles. The molecule has 1 aliphatic carbocycles. The Bertz CT molecular complexity index is 501. The third kappa shape index (κ3) is 2.82. The second-order valence-electron chi connectivity index (χ2n) is 3.88. The maximum absolute atomic E-state index is 11.5. The molecule has 0 heterocycles. The number of anilines is 1. The Labute approximate surface area is 98.4 Å². The van der Waals surface area contributed by atoms with Crippen molar-refractivity contribution >= 4 is 17.6 Å². The van der Waals surface area contributed by atoms with Gasteiger partial charge in [0, 0.05) is 5.92 Å². The first kappa shape index (κ1) is 11.1. The van der Waals surface area contributed by atoms with Crippen LogP contribution in [0.3, 0.4) is 0 Å². The Kier molecular flexibility index (Phi) is 3.06. The lowest BCUT2D eigenvalue weighted by Crippen LogP contribution is -2.35. The number of carbonyl (C=O) groups excluding carboxylic acids is 2. The number of nitrogens with one attached hydrogen (secondary N) is 2. The Morgan fingerprint density at radius 1 is 1.29 bits per heavy atom. The van der Waals surface area contributed by atoms with Crippen LogP contribution in [0.5, 0.6) is 0 Å². The van der Waals surface area contributed by atoms with Gasteiger partial charge in [-0.15, -0.1) is 0 Å². The molecular formula is C12H11N3O2. The van der Waals surface area contributed by atoms with E-state index in [1.807, 2.05) is 6.07 Å². The molecular weight excluding hydrogens is 218 g/mol. The molecule has 0 atom stereocenters. The number of rotatable bonds is 2. The van der Waals surface area contributed by atoms with Crippen LogP contribution in [0, 0.1) is 17.2 Å². The number of amides is 3. The summed E-state index contributed by atoms with van der Waals surface area (Å²) >= 11 is 0. The summed E-state index contributed by atoms with van der Waals surface area (Å²) in [6, 6.07) is 7.99. The zero-order valence-corrected chi connectivity index (χ0v) is 9.06. The Hall–Kier alpha value is -2.35. The van der Waals surface area contributed by atoms with E-state index in [2.05, 4.69) is 10.6 Å². The summed E-state index contributed by atoms with van der Waals surface area (Å²) in [5, 5.41) is 13.5. The number of hydrogen-bond acceptors (Lipinski definition) is 3. The number of nitrogens with zero attached hydrogens (tertiary/aromatic N) is 1. The summed E-state index contributed by atoms with van der Waals surface area (Å²) in [6.45, 7) is 0. The minimum atomic E-state index is -0.593. The van der Waals surface area contributed by atoms with Crippen molar-refractivity contribution in [1.82, 2.24) is 5.32 Å². The molecule has 1 aromatic rings. The third-order valence-corrected chi connectivity index (χ3v) is 2.48. The van der Waals surface area contributed by atoms with E-state index in [0.717, 1.165) is 12.8 Å². The van der Waals surface area contributed by atoms with E-state index in [0.29, 0.717) is 11.3 Å². The first-order valence-corrected chi connectivity index (χ1v) is 5.31. The highest BCUT2D eigenvalue weighted by atomic mass is 16.2. The van der Waals surface area contributed by atoms with Crippen LogP contribution in [0.2, 0.25) is 0 Å². The van der Waals surface area contributed by atoms with Gasteiger partial charge in [-0.25, -0.2) is 4.79 Å². The standard InChI is InChI=1S/C12H11N3O2/c13-7-9-3-1-2-4-10(9)14-12(17)15-11(16)8-5-6-8/h1-4,8H,5-6H2,(H2,14,15,16,17). The average Bonchev–Trinajstić information content (AvgIpc) is 3.13. The van der Waals surface area contributed by atoms with Crippen molar-refractivity contribution in [2.75, 3.05) is 5.32 Å². The fourth-order valence-electron chi connectivity index (χ4n) is 1.40. The number of nitriles is 1. The van der Waals surface area contributed by atoms with Crippen molar-refractivity contribution < 1.29 is 9.59 Å². The van der Waals surface area contributed by atoms with Crippen molar-refractivity contribution in [2.24, 2.45) is 5.92 Å². The lowest BCUT2D eigenvalue weighted by atomic mass is 10.2. The zero-order chi connectivity index (χ0) is 12.3. The van der Waals surface area contributed by atoms with Crippen molar-refractivity contribution in [3.8, 4) is 6.07 Å². The van der Waals surface area contributed by atoms with Crippen molar-refractivity contribution in [1.29, 1.82) is 5.26 Å². The number of benzene rings is 1. The molecule has 1 saturated carbocycles. The van der Waals surface area contributed by atoms with E-state index < -0.39 is 6.03 Å². The van der Waals surface area contributed by atoms with Crippen LogP contribution in [0.15, 0.2) is 24.3 Å². The highest BCUT2D eigenvalue weighted by Gasteiger charge is 2.30. The SMILES string of the molecule is N#Cc1ccccc1NC(=O)NC(=O)C1CC1. The average molecular weight is 229 g/mol. The van der Waals surface area contributed by atoms with E-state index in [1.54, 1.807) is 24.3 Å². The highest BCUT2D eigenvalue weighted by molar-refractivity contribution is 6.02. The predicted octanol–water partition coefficient (Wildman–Crippen LogP) is 1.62. The van der Waals surface area contributed by atoms with Gasteiger partial charge in [0.25, 0.3) is 0 Å². The van der Waals surface area contributed by atoms with Crippen molar-refractivity contribution in [2.45, 2.75) is 12.8 Å². The summed E-state index contributed by atoms with van der Waals surface area (Å²) < 4.78 is 0. The van der Waals surface area contributed by atoms with Crippen LogP contribution < -0.4 is 10.6 Å². The van der Waals surface area contributed by atoms with E-state index in [9.17, 15) is 9.59 Å². The fraction of sp³-hybridized carbons (Fsp3) is 0.250. The van der Waals surface area contributed by atoms with Crippen LogP contribution in [0.25, 0.3) is 0 Å². The molecule has 2 rings (SSSR count). The molecule has 2 N–H and O–H groups in total. The van der Waals surface area contributed by atoms with Crippen molar-refractivity contribution in [3.05, 3.63) is 29.8 Å². The smallest absolute Gasteiger partial charge is 0.306 e. The van der Waals surface area contributed by atoms with Crippen LogP contribution in [0.4, 0.5) is 10.5 Å². The highest BCUT2D eigenvalue weighted by Crippen LogP contribution is 2.28. The van der Waals surface area contributed by atoms with Gasteiger partial charge >= 0.3 is 6.03 Å². The second kappa shape index (κ2) is 4.66. The van der Waals surface area contributed by atoms with Gasteiger partial charge in [0.05, 0.1) is 11.3 Å². The summed E-state index contributed by atoms with van der Waals surface area (Å²) in [4.78, 5) is 22.8. The van der Waals surface area contributed by atoms with Gasteiger partial charge in [0.1, 0.15) is 6.07 Å². The molecule has 0 aromatic heterocycles. The number of para-hydroxylation sites is 1. The number of hydrogen-bond donors (Lipinski definition) is 2. The number of carbonyl (C=O) groups is 2. The molecule has 3 amide bonds. The molecule has 5 heteroatoms. The molecule has 1 aliphatic rings. The van der Waals surface area contributed by atoms with Gasteiger partial charge in [-0.05, 0) is 25.0 Å². The summed E-state index contributed by atoms with van der Waals surface area (Å²) in [5.41, 5.74) is 0.762. The molecule has 17 heavy (non-hydrogen) atoms.